The summed E-state index contributed by atoms with van der Waals surface area (Å²) in [6.07, 6.45) is 1.56. The van der Waals surface area contributed by atoms with E-state index in [1.165, 1.54) is 24.3 Å². The number of rotatable bonds is 3. The molecule has 7 heteroatoms. The molecule has 0 fully saturated rings. The van der Waals surface area contributed by atoms with Crippen LogP contribution in [0.4, 0.5) is 11.4 Å². The van der Waals surface area contributed by atoms with E-state index in [1.807, 2.05) is 0 Å². The molecule has 2 aromatic rings. The number of sulfonamides is 1. The number of anilines is 2. The number of pyridine rings is 1. The first-order chi connectivity index (χ1) is 8.49. The maximum atomic E-state index is 12.1. The van der Waals surface area contributed by atoms with Crippen molar-refractivity contribution in [1.82, 2.24) is 4.98 Å². The largest absolute Gasteiger partial charge is 0.399 e. The molecule has 0 bridgehead atoms. The van der Waals surface area contributed by atoms with Crippen LogP contribution in [0.15, 0.2) is 52.1 Å². The summed E-state index contributed by atoms with van der Waals surface area (Å²) in [5.41, 5.74) is 6.41. The highest BCUT2D eigenvalue weighted by Gasteiger charge is 2.15. The first-order valence-electron chi connectivity index (χ1n) is 4.98. The summed E-state index contributed by atoms with van der Waals surface area (Å²) in [5.74, 6) is 0. The Balaban J connectivity index is 2.33. The molecule has 0 saturated heterocycles. The second-order valence-corrected chi connectivity index (χ2v) is 5.95. The molecule has 1 aromatic carbocycles. The van der Waals surface area contributed by atoms with E-state index < -0.39 is 10.0 Å². The van der Waals surface area contributed by atoms with E-state index in [1.54, 1.807) is 18.3 Å². The molecule has 0 saturated carbocycles. The van der Waals surface area contributed by atoms with Gasteiger partial charge in [-0.15, -0.1) is 0 Å². The first-order valence-corrected chi connectivity index (χ1v) is 7.25. The van der Waals surface area contributed by atoms with Crippen LogP contribution in [0.5, 0.6) is 0 Å². The highest BCUT2D eigenvalue weighted by atomic mass is 79.9. The van der Waals surface area contributed by atoms with Gasteiger partial charge in [-0.1, -0.05) is 0 Å². The van der Waals surface area contributed by atoms with Crippen LogP contribution in [0.1, 0.15) is 0 Å². The average molecular weight is 328 g/mol. The molecule has 0 aliphatic carbocycles. The standard InChI is InChI=1S/C11H10BrN3O2S/c12-11-10(2-1-7-14-11)15-18(16,17)9-5-3-8(13)4-6-9/h1-7,15H,13H2. The van der Waals surface area contributed by atoms with Crippen molar-refractivity contribution in [1.29, 1.82) is 0 Å². The van der Waals surface area contributed by atoms with Gasteiger partial charge in [-0.2, -0.15) is 0 Å². The Hall–Kier alpha value is -1.60. The van der Waals surface area contributed by atoms with Gasteiger partial charge in [-0.05, 0) is 52.3 Å². The van der Waals surface area contributed by atoms with Crippen molar-refractivity contribution in [2.45, 2.75) is 4.90 Å². The van der Waals surface area contributed by atoms with Gasteiger partial charge in [-0.3, -0.25) is 4.72 Å². The van der Waals surface area contributed by atoms with Gasteiger partial charge in [0, 0.05) is 11.9 Å². The van der Waals surface area contributed by atoms with Crippen LogP contribution < -0.4 is 10.5 Å². The summed E-state index contributed by atoms with van der Waals surface area (Å²) in [6, 6.07) is 9.22. The SMILES string of the molecule is Nc1ccc(S(=O)(=O)Nc2cccnc2Br)cc1. The zero-order valence-electron chi connectivity index (χ0n) is 9.17. The maximum absolute atomic E-state index is 12.1. The first kappa shape index (κ1) is 12.8. The minimum Gasteiger partial charge on any atom is -0.399 e. The molecule has 0 unspecified atom stereocenters. The lowest BCUT2D eigenvalue weighted by molar-refractivity contribution is 0.601. The normalized spacial score (nSPS) is 11.2. The summed E-state index contributed by atoms with van der Waals surface area (Å²) < 4.78 is 27.0. The van der Waals surface area contributed by atoms with Gasteiger partial charge >= 0.3 is 0 Å². The molecule has 0 amide bonds. The summed E-state index contributed by atoms with van der Waals surface area (Å²) in [6.45, 7) is 0. The highest BCUT2D eigenvalue weighted by Crippen LogP contribution is 2.22. The summed E-state index contributed by atoms with van der Waals surface area (Å²) >= 11 is 3.18. The average Bonchev–Trinajstić information content (AvgIpc) is 2.32. The monoisotopic (exact) mass is 327 g/mol. The molecular formula is C11H10BrN3O2S. The fourth-order valence-electron chi connectivity index (χ4n) is 1.31. The van der Waals surface area contributed by atoms with E-state index >= 15 is 0 Å². The summed E-state index contributed by atoms with van der Waals surface area (Å²) in [5, 5.41) is 0. The van der Waals surface area contributed by atoms with Gasteiger partial charge in [0.25, 0.3) is 10.0 Å². The fraction of sp³-hybridized carbons (Fsp3) is 0. The summed E-state index contributed by atoms with van der Waals surface area (Å²) in [7, 11) is -3.63. The van der Waals surface area contributed by atoms with Crippen molar-refractivity contribution in [3.8, 4) is 0 Å². The zero-order valence-corrected chi connectivity index (χ0v) is 11.6. The van der Waals surface area contributed by atoms with Gasteiger partial charge in [-0.25, -0.2) is 13.4 Å². The minimum absolute atomic E-state index is 0.146. The van der Waals surface area contributed by atoms with E-state index in [4.69, 9.17) is 5.73 Å². The quantitative estimate of drug-likeness (QED) is 0.668. The molecule has 0 atom stereocenters. The fourth-order valence-corrected chi connectivity index (χ4v) is 2.86. The Kier molecular flexibility index (Phi) is 3.53. The Morgan fingerprint density at radius 1 is 1.17 bits per heavy atom. The molecule has 1 heterocycles. The Labute approximate surface area is 113 Å². The van der Waals surface area contributed by atoms with Crippen molar-refractivity contribution in [2.75, 3.05) is 10.5 Å². The van der Waals surface area contributed by atoms with Crippen LogP contribution in [0.25, 0.3) is 0 Å². The van der Waals surface area contributed by atoms with Crippen LogP contribution in [-0.4, -0.2) is 13.4 Å². The van der Waals surface area contributed by atoms with E-state index in [0.717, 1.165) is 0 Å². The number of benzene rings is 1. The van der Waals surface area contributed by atoms with Gasteiger partial charge in [0.2, 0.25) is 0 Å². The topological polar surface area (TPSA) is 85.1 Å². The lowest BCUT2D eigenvalue weighted by Crippen LogP contribution is -2.13. The molecule has 1 aromatic heterocycles. The number of aromatic nitrogens is 1. The number of nitrogen functional groups attached to an aromatic ring is 1. The van der Waals surface area contributed by atoms with Crippen molar-refractivity contribution < 1.29 is 8.42 Å². The molecule has 0 aliphatic rings. The number of hydrogen-bond acceptors (Lipinski definition) is 4. The van der Waals surface area contributed by atoms with Crippen LogP contribution in [-0.2, 0) is 10.0 Å². The third kappa shape index (κ3) is 2.80. The number of halogens is 1. The van der Waals surface area contributed by atoms with Crippen LogP contribution in [0, 0.1) is 0 Å². The smallest absolute Gasteiger partial charge is 0.261 e. The predicted octanol–water partition coefficient (Wildman–Crippen LogP) is 2.23. The number of nitrogens with two attached hydrogens (primary N) is 1. The van der Waals surface area contributed by atoms with E-state index in [0.29, 0.717) is 16.0 Å². The molecule has 0 aliphatic heterocycles. The molecule has 0 spiro atoms. The van der Waals surface area contributed by atoms with Gasteiger partial charge in [0.05, 0.1) is 10.6 Å². The Bertz CT molecular complexity index is 656. The highest BCUT2D eigenvalue weighted by molar-refractivity contribution is 9.10. The van der Waals surface area contributed by atoms with E-state index in [9.17, 15) is 8.42 Å². The number of hydrogen-bond donors (Lipinski definition) is 2. The van der Waals surface area contributed by atoms with Crippen molar-refractivity contribution in [3.63, 3.8) is 0 Å². The zero-order chi connectivity index (χ0) is 13.2. The van der Waals surface area contributed by atoms with Crippen molar-refractivity contribution in [3.05, 3.63) is 47.2 Å². The van der Waals surface area contributed by atoms with Crippen LogP contribution in [0.3, 0.4) is 0 Å². The van der Waals surface area contributed by atoms with Crippen LogP contribution in [0.2, 0.25) is 0 Å². The number of nitrogens with zero attached hydrogens (tertiary/aromatic N) is 1. The molecule has 3 N–H and O–H groups in total. The van der Waals surface area contributed by atoms with Crippen LogP contribution >= 0.6 is 15.9 Å². The Morgan fingerprint density at radius 2 is 1.83 bits per heavy atom. The lowest BCUT2D eigenvalue weighted by atomic mass is 10.3. The molecular weight excluding hydrogens is 318 g/mol. The Morgan fingerprint density at radius 3 is 2.44 bits per heavy atom. The minimum atomic E-state index is -3.63. The lowest BCUT2D eigenvalue weighted by Gasteiger charge is -2.09. The van der Waals surface area contributed by atoms with Gasteiger partial charge in [0.15, 0.2) is 0 Å². The maximum Gasteiger partial charge on any atom is 0.261 e. The molecule has 94 valence electrons. The predicted molar refractivity (Wildman–Crippen MR) is 73.6 cm³/mol. The third-order valence-electron chi connectivity index (χ3n) is 2.19. The van der Waals surface area contributed by atoms with E-state index in [-0.39, 0.29) is 4.90 Å². The van der Waals surface area contributed by atoms with Crippen molar-refractivity contribution >= 4 is 37.3 Å². The van der Waals surface area contributed by atoms with Crippen molar-refractivity contribution in [2.24, 2.45) is 0 Å². The second kappa shape index (κ2) is 4.95. The third-order valence-corrected chi connectivity index (χ3v) is 4.21. The molecule has 2 rings (SSSR count). The number of nitrogens with one attached hydrogen (secondary N) is 1. The van der Waals surface area contributed by atoms with E-state index in [2.05, 4.69) is 25.6 Å². The second-order valence-electron chi connectivity index (χ2n) is 3.52. The summed E-state index contributed by atoms with van der Waals surface area (Å²) in [4.78, 5) is 4.09. The van der Waals surface area contributed by atoms with Gasteiger partial charge in [0.1, 0.15) is 4.60 Å². The molecule has 5 nitrogen and oxygen atoms in total. The molecule has 18 heavy (non-hydrogen) atoms. The van der Waals surface area contributed by atoms with Gasteiger partial charge < -0.3 is 5.73 Å². The molecule has 0 radical (unpaired) electrons.